The van der Waals surface area contributed by atoms with E-state index in [4.69, 9.17) is 23.2 Å². The standard InChI is InChI=1S/C10H4Cl2F3N3O/c11-6-2-1-3-16-9(6)18-4-5(8(12)19)7(17-18)10(13,14)15/h1-4H. The lowest BCUT2D eigenvalue weighted by molar-refractivity contribution is -0.141. The summed E-state index contributed by atoms with van der Waals surface area (Å²) < 4.78 is 38.9. The molecule has 100 valence electrons. The molecule has 2 heterocycles. The number of halogens is 5. The monoisotopic (exact) mass is 309 g/mol. The summed E-state index contributed by atoms with van der Waals surface area (Å²) in [5, 5.41) is 2.10. The second kappa shape index (κ2) is 4.82. The van der Waals surface area contributed by atoms with Crippen molar-refractivity contribution in [2.24, 2.45) is 0 Å². The molecule has 0 spiro atoms. The summed E-state index contributed by atoms with van der Waals surface area (Å²) in [4.78, 5) is 14.8. The van der Waals surface area contributed by atoms with E-state index in [1.54, 1.807) is 0 Å². The molecule has 2 rings (SSSR count). The highest BCUT2D eigenvalue weighted by atomic mass is 35.5. The molecule has 2 aromatic heterocycles. The maximum Gasteiger partial charge on any atom is 0.435 e. The summed E-state index contributed by atoms with van der Waals surface area (Å²) in [5.74, 6) is -0.0289. The predicted octanol–water partition coefficient (Wildman–Crippen LogP) is 3.32. The van der Waals surface area contributed by atoms with Crippen molar-refractivity contribution in [2.75, 3.05) is 0 Å². The van der Waals surface area contributed by atoms with E-state index in [0.29, 0.717) is 0 Å². The molecule has 0 aliphatic heterocycles. The minimum absolute atomic E-state index is 0.0289. The fourth-order valence-corrected chi connectivity index (χ4v) is 1.73. The quantitative estimate of drug-likeness (QED) is 0.800. The van der Waals surface area contributed by atoms with Gasteiger partial charge in [-0.1, -0.05) is 11.6 Å². The van der Waals surface area contributed by atoms with Crippen molar-refractivity contribution in [1.82, 2.24) is 14.8 Å². The minimum Gasteiger partial charge on any atom is -0.275 e. The van der Waals surface area contributed by atoms with Gasteiger partial charge < -0.3 is 0 Å². The number of rotatable bonds is 2. The molecule has 4 nitrogen and oxygen atoms in total. The molecule has 2 aromatic rings. The van der Waals surface area contributed by atoms with E-state index < -0.39 is 22.7 Å². The van der Waals surface area contributed by atoms with Crippen molar-refractivity contribution in [3.8, 4) is 5.82 Å². The van der Waals surface area contributed by atoms with Crippen LogP contribution in [0.4, 0.5) is 13.2 Å². The lowest BCUT2D eigenvalue weighted by Gasteiger charge is -2.03. The minimum atomic E-state index is -4.80. The molecule has 0 saturated carbocycles. The maximum absolute atomic E-state index is 12.7. The van der Waals surface area contributed by atoms with Gasteiger partial charge in [-0.3, -0.25) is 4.79 Å². The van der Waals surface area contributed by atoms with E-state index in [-0.39, 0.29) is 10.8 Å². The zero-order valence-electron chi connectivity index (χ0n) is 8.95. The van der Waals surface area contributed by atoms with Crippen molar-refractivity contribution in [3.63, 3.8) is 0 Å². The van der Waals surface area contributed by atoms with Crippen LogP contribution in [0.1, 0.15) is 16.1 Å². The zero-order chi connectivity index (χ0) is 14.2. The fourth-order valence-electron chi connectivity index (χ4n) is 1.38. The molecular weight excluding hydrogens is 306 g/mol. The molecule has 0 radical (unpaired) electrons. The first-order chi connectivity index (χ1) is 8.80. The Balaban J connectivity index is 2.62. The molecule has 9 heteroatoms. The highest BCUT2D eigenvalue weighted by Gasteiger charge is 2.39. The van der Waals surface area contributed by atoms with Gasteiger partial charge in [-0.25, -0.2) is 9.67 Å². The summed E-state index contributed by atoms with van der Waals surface area (Å²) in [6.07, 6.45) is -2.63. The molecule has 0 amide bonds. The van der Waals surface area contributed by atoms with Gasteiger partial charge >= 0.3 is 6.18 Å². The molecule has 0 bridgehead atoms. The summed E-state index contributed by atoms with van der Waals surface area (Å²) in [6.45, 7) is 0. The van der Waals surface area contributed by atoms with E-state index in [9.17, 15) is 18.0 Å². The number of carbonyl (C=O) groups excluding carboxylic acids is 1. The van der Waals surface area contributed by atoms with E-state index in [1.165, 1.54) is 18.3 Å². The smallest absolute Gasteiger partial charge is 0.275 e. The zero-order valence-corrected chi connectivity index (χ0v) is 10.5. The van der Waals surface area contributed by atoms with E-state index in [1.807, 2.05) is 0 Å². The van der Waals surface area contributed by atoms with Crippen LogP contribution in [-0.4, -0.2) is 20.0 Å². The van der Waals surface area contributed by atoms with Crippen molar-refractivity contribution in [1.29, 1.82) is 0 Å². The summed E-state index contributed by atoms with van der Waals surface area (Å²) >= 11 is 10.9. The molecular formula is C10H4Cl2F3N3O. The Morgan fingerprint density at radius 2 is 2.05 bits per heavy atom. The highest BCUT2D eigenvalue weighted by Crippen LogP contribution is 2.32. The molecule has 0 saturated heterocycles. The molecule has 0 fully saturated rings. The van der Waals surface area contributed by atoms with Gasteiger partial charge in [0, 0.05) is 12.4 Å². The average molecular weight is 310 g/mol. The Kier molecular flexibility index (Phi) is 3.51. The first kappa shape index (κ1) is 13.8. The van der Waals surface area contributed by atoms with Crippen LogP contribution in [0.5, 0.6) is 0 Å². The van der Waals surface area contributed by atoms with E-state index in [2.05, 4.69) is 10.1 Å². The van der Waals surface area contributed by atoms with Crippen molar-refractivity contribution in [2.45, 2.75) is 6.18 Å². The second-order valence-corrected chi connectivity index (χ2v) is 4.17. The Bertz CT molecular complexity index is 639. The van der Waals surface area contributed by atoms with Crippen LogP contribution in [0, 0.1) is 0 Å². The van der Waals surface area contributed by atoms with Gasteiger partial charge in [0.2, 0.25) is 0 Å². The number of hydrogen-bond donors (Lipinski definition) is 0. The van der Waals surface area contributed by atoms with Gasteiger partial charge in [0.1, 0.15) is 0 Å². The largest absolute Gasteiger partial charge is 0.435 e. The SMILES string of the molecule is O=C(Cl)c1cn(-c2ncccc2Cl)nc1C(F)(F)F. The highest BCUT2D eigenvalue weighted by molar-refractivity contribution is 6.67. The molecule has 0 aromatic carbocycles. The van der Waals surface area contributed by atoms with Gasteiger partial charge in [-0.05, 0) is 23.7 Å². The first-order valence-corrected chi connectivity index (χ1v) is 5.54. The molecule has 0 aliphatic carbocycles. The third-order valence-electron chi connectivity index (χ3n) is 2.15. The number of aromatic nitrogens is 3. The van der Waals surface area contributed by atoms with Gasteiger partial charge in [-0.15, -0.1) is 0 Å². The number of nitrogens with zero attached hydrogens (tertiary/aromatic N) is 3. The molecule has 0 N–H and O–H groups in total. The molecule has 0 aliphatic rings. The normalized spacial score (nSPS) is 11.6. The van der Waals surface area contributed by atoms with Crippen LogP contribution in [0.2, 0.25) is 5.02 Å². The third-order valence-corrected chi connectivity index (χ3v) is 2.65. The number of pyridine rings is 1. The Morgan fingerprint density at radius 3 is 2.53 bits per heavy atom. The topological polar surface area (TPSA) is 47.8 Å². The van der Waals surface area contributed by atoms with Crippen LogP contribution in [0.25, 0.3) is 5.82 Å². The summed E-state index contributed by atoms with van der Waals surface area (Å²) in [7, 11) is 0. The third kappa shape index (κ3) is 2.71. The number of hydrogen-bond acceptors (Lipinski definition) is 3. The van der Waals surface area contributed by atoms with E-state index in [0.717, 1.165) is 10.9 Å². The van der Waals surface area contributed by atoms with Crippen molar-refractivity contribution >= 4 is 28.4 Å². The van der Waals surface area contributed by atoms with Gasteiger partial charge in [-0.2, -0.15) is 18.3 Å². The number of alkyl halides is 3. The van der Waals surface area contributed by atoms with Gasteiger partial charge in [0.05, 0.1) is 10.6 Å². The van der Waals surface area contributed by atoms with Gasteiger partial charge in [0.25, 0.3) is 5.24 Å². The maximum atomic E-state index is 12.7. The van der Waals surface area contributed by atoms with Crippen LogP contribution < -0.4 is 0 Å². The lowest BCUT2D eigenvalue weighted by atomic mass is 10.2. The molecule has 19 heavy (non-hydrogen) atoms. The van der Waals surface area contributed by atoms with Gasteiger partial charge in [0.15, 0.2) is 11.5 Å². The lowest BCUT2D eigenvalue weighted by Crippen LogP contribution is -2.11. The Hall–Kier alpha value is -1.60. The van der Waals surface area contributed by atoms with Crippen molar-refractivity contribution < 1.29 is 18.0 Å². The molecule has 0 unspecified atom stereocenters. The Morgan fingerprint density at radius 1 is 1.37 bits per heavy atom. The fraction of sp³-hybridized carbons (Fsp3) is 0.100. The summed E-state index contributed by atoms with van der Waals surface area (Å²) in [5.41, 5.74) is -2.13. The second-order valence-electron chi connectivity index (χ2n) is 3.42. The van der Waals surface area contributed by atoms with Crippen LogP contribution in [0.3, 0.4) is 0 Å². The van der Waals surface area contributed by atoms with Crippen LogP contribution in [0.15, 0.2) is 24.5 Å². The van der Waals surface area contributed by atoms with Crippen LogP contribution in [-0.2, 0) is 6.18 Å². The summed E-state index contributed by atoms with van der Waals surface area (Å²) in [6, 6.07) is 2.94. The number of carbonyl (C=O) groups is 1. The first-order valence-electron chi connectivity index (χ1n) is 4.78. The van der Waals surface area contributed by atoms with E-state index >= 15 is 0 Å². The average Bonchev–Trinajstić information content (AvgIpc) is 2.74. The predicted molar refractivity (Wildman–Crippen MR) is 61.6 cm³/mol. The van der Waals surface area contributed by atoms with Crippen LogP contribution >= 0.6 is 23.2 Å². The molecule has 0 atom stereocenters. The Labute approximate surface area is 114 Å². The van der Waals surface area contributed by atoms with Crippen molar-refractivity contribution in [3.05, 3.63) is 40.8 Å².